The van der Waals surface area contributed by atoms with Gasteiger partial charge in [-0.05, 0) is 24.3 Å². The van der Waals surface area contributed by atoms with E-state index in [-0.39, 0.29) is 35.7 Å². The highest BCUT2D eigenvalue weighted by Gasteiger charge is 2.62. The predicted octanol–water partition coefficient (Wildman–Crippen LogP) is 1.29. The minimum atomic E-state index is -0.336. The number of nitrogens with one attached hydrogen (secondary N) is 1. The molecule has 0 radical (unpaired) electrons. The molecule has 4 aliphatic rings. The summed E-state index contributed by atoms with van der Waals surface area (Å²) in [7, 11) is 1.41. The molecule has 4 atom stereocenters. The Hall–Kier alpha value is -2.51. The van der Waals surface area contributed by atoms with Crippen LogP contribution in [0.15, 0.2) is 23.8 Å². The Morgan fingerprint density at radius 2 is 2.22 bits per heavy atom. The minimum absolute atomic E-state index is 0.0321. The van der Waals surface area contributed by atoms with Gasteiger partial charge in [-0.25, -0.2) is 9.59 Å². The predicted molar refractivity (Wildman–Crippen MR) is 95.8 cm³/mol. The molecule has 0 bridgehead atoms. The second kappa shape index (κ2) is 6.58. The summed E-state index contributed by atoms with van der Waals surface area (Å²) in [5.74, 6) is 0.369. The van der Waals surface area contributed by atoms with Crippen molar-refractivity contribution in [1.29, 1.82) is 0 Å². The van der Waals surface area contributed by atoms with Gasteiger partial charge in [-0.1, -0.05) is 18.2 Å². The maximum Gasteiger partial charge on any atom is 0.410 e. The van der Waals surface area contributed by atoms with E-state index in [1.807, 2.05) is 0 Å². The van der Waals surface area contributed by atoms with Crippen molar-refractivity contribution >= 4 is 18.1 Å². The molecule has 0 aromatic rings. The van der Waals surface area contributed by atoms with Gasteiger partial charge in [0.25, 0.3) is 0 Å². The third kappa shape index (κ3) is 3.17. The van der Waals surface area contributed by atoms with Crippen LogP contribution in [0, 0.1) is 11.3 Å². The third-order valence-corrected chi connectivity index (χ3v) is 6.11. The Balaban J connectivity index is 1.35. The molecule has 2 aliphatic heterocycles. The highest BCUT2D eigenvalue weighted by molar-refractivity contribution is 5.73. The topological polar surface area (TPSA) is 88.2 Å². The molecule has 27 heavy (non-hydrogen) atoms. The zero-order chi connectivity index (χ0) is 19.2. The summed E-state index contributed by atoms with van der Waals surface area (Å²) in [5, 5.41) is 2.69. The van der Waals surface area contributed by atoms with Crippen LogP contribution < -0.4 is 5.32 Å². The van der Waals surface area contributed by atoms with E-state index in [0.29, 0.717) is 25.6 Å². The smallest absolute Gasteiger partial charge is 0.410 e. The maximum absolute atomic E-state index is 12.2. The molecule has 0 aromatic heterocycles. The van der Waals surface area contributed by atoms with E-state index in [1.54, 1.807) is 9.80 Å². The summed E-state index contributed by atoms with van der Waals surface area (Å²) < 4.78 is 10.2. The van der Waals surface area contributed by atoms with Crippen molar-refractivity contribution in [3.05, 3.63) is 23.8 Å². The lowest BCUT2D eigenvalue weighted by molar-refractivity contribution is -0.119. The SMILES string of the molecule is COC(=O)N1C[C@H]2C[C@@]2(C2=CCC(N3C[C@H](CNC(C)=O)OC3=O)C=C2)C1. The number of methoxy groups -OCH3 is 1. The quantitative estimate of drug-likeness (QED) is 0.800. The number of carbonyl (C=O) groups is 3. The van der Waals surface area contributed by atoms with Crippen LogP contribution in [0.1, 0.15) is 19.8 Å². The number of ether oxygens (including phenoxy) is 2. The fraction of sp³-hybridized carbons (Fsp3) is 0.632. The average Bonchev–Trinajstić information content (AvgIpc) is 3.03. The molecule has 2 aliphatic carbocycles. The van der Waals surface area contributed by atoms with Gasteiger partial charge in [0.15, 0.2) is 0 Å². The van der Waals surface area contributed by atoms with E-state index in [2.05, 4.69) is 23.5 Å². The van der Waals surface area contributed by atoms with E-state index in [0.717, 1.165) is 19.4 Å². The summed E-state index contributed by atoms with van der Waals surface area (Å²) in [4.78, 5) is 38.5. The largest absolute Gasteiger partial charge is 0.453 e. The second-order valence-electron chi connectivity index (χ2n) is 7.82. The van der Waals surface area contributed by atoms with Gasteiger partial charge in [0.1, 0.15) is 6.10 Å². The fourth-order valence-electron chi connectivity index (χ4n) is 4.58. The highest BCUT2D eigenvalue weighted by atomic mass is 16.6. The molecular weight excluding hydrogens is 350 g/mol. The number of hydrogen-bond donors (Lipinski definition) is 1. The number of fused-ring (bicyclic) bond motifs is 1. The van der Waals surface area contributed by atoms with E-state index in [4.69, 9.17) is 9.47 Å². The zero-order valence-electron chi connectivity index (χ0n) is 15.6. The first kappa shape index (κ1) is 17.9. The molecule has 8 heteroatoms. The number of cyclic esters (lactones) is 1. The molecule has 1 saturated carbocycles. The Morgan fingerprint density at radius 3 is 2.89 bits per heavy atom. The lowest BCUT2D eigenvalue weighted by Crippen LogP contribution is -2.38. The van der Waals surface area contributed by atoms with Crippen LogP contribution in [-0.2, 0) is 14.3 Å². The summed E-state index contributed by atoms with van der Waals surface area (Å²) in [6, 6.07) is -0.0321. The molecule has 1 unspecified atom stereocenters. The highest BCUT2D eigenvalue weighted by Crippen LogP contribution is 2.63. The summed E-state index contributed by atoms with van der Waals surface area (Å²) in [6.45, 7) is 3.71. The van der Waals surface area contributed by atoms with Crippen LogP contribution in [0.4, 0.5) is 9.59 Å². The molecule has 2 saturated heterocycles. The van der Waals surface area contributed by atoms with E-state index in [1.165, 1.54) is 19.6 Å². The van der Waals surface area contributed by atoms with Gasteiger partial charge < -0.3 is 19.7 Å². The molecule has 0 aromatic carbocycles. The number of piperidine rings is 1. The maximum atomic E-state index is 12.2. The van der Waals surface area contributed by atoms with Crippen molar-refractivity contribution in [1.82, 2.24) is 15.1 Å². The molecule has 4 rings (SSSR count). The number of likely N-dealkylation sites (tertiary alicyclic amines) is 1. The van der Waals surface area contributed by atoms with Crippen LogP contribution in [-0.4, -0.2) is 73.3 Å². The van der Waals surface area contributed by atoms with Gasteiger partial charge in [0, 0.05) is 25.4 Å². The van der Waals surface area contributed by atoms with E-state index in [9.17, 15) is 14.4 Å². The third-order valence-electron chi connectivity index (χ3n) is 6.11. The number of nitrogens with zero attached hydrogens (tertiary/aromatic N) is 2. The molecule has 146 valence electrons. The van der Waals surface area contributed by atoms with Gasteiger partial charge in [-0.15, -0.1) is 0 Å². The molecule has 8 nitrogen and oxygen atoms in total. The standard InChI is InChI=1S/C19H25N3O5/c1-12(23)20-8-16-10-22(18(25)27-16)15-5-3-13(4-6-15)19-7-14(19)9-21(11-19)17(24)26-2/h3-5,14-16H,6-11H2,1-2H3,(H,20,23)/t14-,15?,16+,19+/m1/s1. The normalized spacial score (nSPS) is 34.1. The first-order valence-electron chi connectivity index (χ1n) is 9.36. The van der Waals surface area contributed by atoms with Crippen molar-refractivity contribution in [3.8, 4) is 0 Å². The Bertz CT molecular complexity index is 733. The molecule has 3 fully saturated rings. The van der Waals surface area contributed by atoms with E-state index >= 15 is 0 Å². The fourth-order valence-corrected chi connectivity index (χ4v) is 4.58. The molecule has 3 amide bonds. The van der Waals surface area contributed by atoms with E-state index < -0.39 is 0 Å². The van der Waals surface area contributed by atoms with Crippen molar-refractivity contribution in [2.75, 3.05) is 33.3 Å². The summed E-state index contributed by atoms with van der Waals surface area (Å²) in [6.07, 6.45) is 7.29. The Morgan fingerprint density at radius 1 is 1.41 bits per heavy atom. The number of carbonyl (C=O) groups excluding carboxylic acids is 3. The van der Waals surface area contributed by atoms with Crippen molar-refractivity contribution in [2.45, 2.75) is 31.9 Å². The van der Waals surface area contributed by atoms with Crippen LogP contribution in [0.3, 0.4) is 0 Å². The lowest BCUT2D eigenvalue weighted by Gasteiger charge is -2.27. The first-order chi connectivity index (χ1) is 12.9. The number of hydrogen-bond acceptors (Lipinski definition) is 5. The van der Waals surface area contributed by atoms with Crippen molar-refractivity contribution < 1.29 is 23.9 Å². The molecule has 0 spiro atoms. The van der Waals surface area contributed by atoms with Gasteiger partial charge in [-0.2, -0.15) is 0 Å². The first-order valence-corrected chi connectivity index (χ1v) is 9.36. The molecule has 2 heterocycles. The zero-order valence-corrected chi connectivity index (χ0v) is 15.6. The Kier molecular flexibility index (Phi) is 4.36. The van der Waals surface area contributed by atoms with Crippen LogP contribution in [0.5, 0.6) is 0 Å². The summed E-state index contributed by atoms with van der Waals surface area (Å²) >= 11 is 0. The number of amides is 3. The number of rotatable bonds is 4. The van der Waals surface area contributed by atoms with Crippen molar-refractivity contribution in [2.24, 2.45) is 11.3 Å². The van der Waals surface area contributed by atoms with Crippen LogP contribution >= 0.6 is 0 Å². The summed E-state index contributed by atoms with van der Waals surface area (Å²) in [5.41, 5.74) is 1.33. The minimum Gasteiger partial charge on any atom is -0.453 e. The van der Waals surface area contributed by atoms with Gasteiger partial charge >= 0.3 is 12.2 Å². The molecular formula is C19H25N3O5. The average molecular weight is 375 g/mol. The lowest BCUT2D eigenvalue weighted by atomic mass is 9.88. The second-order valence-corrected chi connectivity index (χ2v) is 7.82. The van der Waals surface area contributed by atoms with Crippen LogP contribution in [0.25, 0.3) is 0 Å². The number of allylic oxidation sites excluding steroid dienone is 1. The monoisotopic (exact) mass is 375 g/mol. The molecule has 1 N–H and O–H groups in total. The Labute approximate surface area is 158 Å². The van der Waals surface area contributed by atoms with Crippen LogP contribution in [0.2, 0.25) is 0 Å². The van der Waals surface area contributed by atoms with Crippen molar-refractivity contribution in [3.63, 3.8) is 0 Å². The van der Waals surface area contributed by atoms with Gasteiger partial charge in [-0.3, -0.25) is 9.69 Å². The van der Waals surface area contributed by atoms with Gasteiger partial charge in [0.05, 0.1) is 26.2 Å². The van der Waals surface area contributed by atoms with Gasteiger partial charge in [0.2, 0.25) is 5.91 Å².